The van der Waals surface area contributed by atoms with Crippen molar-refractivity contribution >= 4 is 11.6 Å². The van der Waals surface area contributed by atoms with Gasteiger partial charge < -0.3 is 0 Å². The van der Waals surface area contributed by atoms with Crippen LogP contribution in [0.4, 0.5) is 13.2 Å². The van der Waals surface area contributed by atoms with Gasteiger partial charge in [-0.15, -0.1) is 6.58 Å². The molecule has 0 amide bonds. The molecule has 0 saturated carbocycles. The molecule has 0 atom stereocenters. The molecule has 0 N–H and O–H groups in total. The number of hydrogen-bond donors (Lipinski definition) is 0. The molecule has 4 heteroatoms. The zero-order valence-corrected chi connectivity index (χ0v) is 8.78. The first-order valence-corrected chi connectivity index (χ1v) is 4.56. The van der Waals surface area contributed by atoms with Crippen LogP contribution in [0.2, 0.25) is 5.02 Å². The van der Waals surface area contributed by atoms with Crippen LogP contribution in [0.1, 0.15) is 18.1 Å². The van der Waals surface area contributed by atoms with Gasteiger partial charge in [-0.05, 0) is 23.8 Å². The van der Waals surface area contributed by atoms with Crippen molar-refractivity contribution in [2.24, 2.45) is 0 Å². The Bertz CT molecular complexity index is 369. The first-order valence-electron chi connectivity index (χ1n) is 4.18. The number of allylic oxidation sites excluding steroid dienone is 1. The Morgan fingerprint density at radius 1 is 1.33 bits per heavy atom. The molecular formula is C11H9ClF3. The van der Waals surface area contributed by atoms with E-state index in [1.807, 2.05) is 0 Å². The normalized spacial score (nSPS) is 11.9. The number of halogens is 4. The van der Waals surface area contributed by atoms with E-state index in [1.165, 1.54) is 12.1 Å². The molecule has 1 aromatic carbocycles. The number of rotatable bonds is 2. The molecule has 0 bridgehead atoms. The summed E-state index contributed by atoms with van der Waals surface area (Å²) in [5.41, 5.74) is -0.309. The van der Waals surface area contributed by atoms with E-state index in [0.29, 0.717) is 11.5 Å². The Hall–Kier alpha value is -0.960. The summed E-state index contributed by atoms with van der Waals surface area (Å²) in [4.78, 5) is 0. The predicted molar refractivity (Wildman–Crippen MR) is 54.7 cm³/mol. The van der Waals surface area contributed by atoms with Crippen molar-refractivity contribution in [2.75, 3.05) is 0 Å². The number of alkyl halides is 3. The lowest BCUT2D eigenvalue weighted by molar-refractivity contribution is -0.137. The maximum absolute atomic E-state index is 12.4. The predicted octanol–water partition coefficient (Wildman–Crippen LogP) is 4.49. The maximum Gasteiger partial charge on any atom is 0.416 e. The molecule has 1 radical (unpaired) electrons. The summed E-state index contributed by atoms with van der Waals surface area (Å²) < 4.78 is 37.3. The lowest BCUT2D eigenvalue weighted by Crippen LogP contribution is -2.06. The van der Waals surface area contributed by atoms with Crippen molar-refractivity contribution in [3.05, 3.63) is 52.9 Å². The van der Waals surface area contributed by atoms with Crippen molar-refractivity contribution in [1.29, 1.82) is 0 Å². The average Bonchev–Trinajstić information content (AvgIpc) is 2.14. The summed E-state index contributed by atoms with van der Waals surface area (Å²) in [5, 5.41) is 0.0704. The van der Waals surface area contributed by atoms with Gasteiger partial charge in [-0.3, -0.25) is 0 Å². The molecule has 0 aliphatic carbocycles. The summed E-state index contributed by atoms with van der Waals surface area (Å²) in [6, 6.07) is 3.44. The molecule has 0 heterocycles. The molecule has 0 aromatic heterocycles. The minimum absolute atomic E-state index is 0.0704. The molecule has 81 valence electrons. The molecule has 0 nitrogen and oxygen atoms in total. The van der Waals surface area contributed by atoms with Crippen LogP contribution in [0.15, 0.2) is 30.9 Å². The van der Waals surface area contributed by atoms with Gasteiger partial charge in [0, 0.05) is 10.9 Å². The zero-order valence-electron chi connectivity index (χ0n) is 8.03. The van der Waals surface area contributed by atoms with Gasteiger partial charge >= 0.3 is 6.18 Å². The summed E-state index contributed by atoms with van der Waals surface area (Å²) >= 11 is 5.61. The Morgan fingerprint density at radius 3 is 2.40 bits per heavy atom. The third-order valence-electron chi connectivity index (χ3n) is 1.99. The SMILES string of the molecule is C=C[C](C)c1cc(Cl)cc(C(F)(F)F)c1. The molecule has 0 aliphatic heterocycles. The van der Waals surface area contributed by atoms with Crippen LogP contribution >= 0.6 is 11.6 Å². The molecule has 1 rings (SSSR count). The van der Waals surface area contributed by atoms with E-state index >= 15 is 0 Å². The molecule has 0 spiro atoms. The Labute approximate surface area is 91.4 Å². The molecule has 0 unspecified atom stereocenters. The van der Waals surface area contributed by atoms with E-state index in [4.69, 9.17) is 11.6 Å². The highest BCUT2D eigenvalue weighted by atomic mass is 35.5. The summed E-state index contributed by atoms with van der Waals surface area (Å²) in [6.45, 7) is 5.18. The van der Waals surface area contributed by atoms with Crippen LogP contribution in [0.25, 0.3) is 0 Å². The van der Waals surface area contributed by atoms with Gasteiger partial charge in [0.2, 0.25) is 0 Å². The number of hydrogen-bond acceptors (Lipinski definition) is 0. The van der Waals surface area contributed by atoms with Crippen LogP contribution in [-0.2, 0) is 6.18 Å². The highest BCUT2D eigenvalue weighted by molar-refractivity contribution is 6.30. The van der Waals surface area contributed by atoms with Crippen LogP contribution in [0.3, 0.4) is 0 Å². The minimum Gasteiger partial charge on any atom is -0.166 e. The fourth-order valence-electron chi connectivity index (χ4n) is 1.10. The highest BCUT2D eigenvalue weighted by Crippen LogP contribution is 2.33. The molecule has 15 heavy (non-hydrogen) atoms. The second-order valence-electron chi connectivity index (χ2n) is 3.11. The topological polar surface area (TPSA) is 0 Å². The monoisotopic (exact) mass is 233 g/mol. The van der Waals surface area contributed by atoms with Crippen molar-refractivity contribution in [3.63, 3.8) is 0 Å². The van der Waals surface area contributed by atoms with Crippen LogP contribution in [0, 0.1) is 5.92 Å². The Balaban J connectivity index is 3.22. The number of benzene rings is 1. The summed E-state index contributed by atoms with van der Waals surface area (Å²) in [7, 11) is 0. The summed E-state index contributed by atoms with van der Waals surface area (Å²) in [5.74, 6) is 0.656. The third-order valence-corrected chi connectivity index (χ3v) is 2.20. The molecular weight excluding hydrogens is 225 g/mol. The maximum atomic E-state index is 12.4. The quantitative estimate of drug-likeness (QED) is 0.706. The Kier molecular flexibility index (Phi) is 3.45. The second-order valence-corrected chi connectivity index (χ2v) is 3.55. The first kappa shape index (κ1) is 12.1. The van der Waals surface area contributed by atoms with E-state index in [-0.39, 0.29) is 5.02 Å². The van der Waals surface area contributed by atoms with Gasteiger partial charge in [0.1, 0.15) is 0 Å². The van der Waals surface area contributed by atoms with Gasteiger partial charge in [0.15, 0.2) is 0 Å². The van der Waals surface area contributed by atoms with Crippen molar-refractivity contribution in [1.82, 2.24) is 0 Å². The van der Waals surface area contributed by atoms with E-state index in [2.05, 4.69) is 6.58 Å². The van der Waals surface area contributed by atoms with Crippen LogP contribution < -0.4 is 0 Å². The van der Waals surface area contributed by atoms with Gasteiger partial charge in [-0.2, -0.15) is 13.2 Å². The van der Waals surface area contributed by atoms with E-state index in [0.717, 1.165) is 12.1 Å². The molecule has 0 aliphatic rings. The minimum atomic E-state index is -4.37. The first-order chi connectivity index (χ1) is 6.84. The van der Waals surface area contributed by atoms with Gasteiger partial charge in [0.25, 0.3) is 0 Å². The fourth-order valence-corrected chi connectivity index (χ4v) is 1.33. The fraction of sp³-hybridized carbons (Fsp3) is 0.182. The molecule has 0 saturated heterocycles. The molecule has 0 fully saturated rings. The molecule has 1 aromatic rings. The van der Waals surface area contributed by atoms with Gasteiger partial charge in [-0.1, -0.05) is 24.6 Å². The second kappa shape index (κ2) is 4.27. The van der Waals surface area contributed by atoms with Crippen molar-refractivity contribution in [2.45, 2.75) is 13.1 Å². The Morgan fingerprint density at radius 2 is 1.93 bits per heavy atom. The van der Waals surface area contributed by atoms with E-state index in [1.54, 1.807) is 6.92 Å². The average molecular weight is 234 g/mol. The van der Waals surface area contributed by atoms with E-state index < -0.39 is 11.7 Å². The zero-order chi connectivity index (χ0) is 11.6. The lowest BCUT2D eigenvalue weighted by atomic mass is 9.99. The third kappa shape index (κ3) is 2.99. The van der Waals surface area contributed by atoms with Crippen molar-refractivity contribution in [3.8, 4) is 0 Å². The van der Waals surface area contributed by atoms with Crippen LogP contribution in [0.5, 0.6) is 0 Å². The van der Waals surface area contributed by atoms with Gasteiger partial charge in [0.05, 0.1) is 5.56 Å². The van der Waals surface area contributed by atoms with Crippen molar-refractivity contribution < 1.29 is 13.2 Å². The van der Waals surface area contributed by atoms with Crippen LogP contribution in [-0.4, -0.2) is 0 Å². The summed E-state index contributed by atoms with van der Waals surface area (Å²) in [6.07, 6.45) is -2.88. The lowest BCUT2D eigenvalue weighted by Gasteiger charge is -2.11. The highest BCUT2D eigenvalue weighted by Gasteiger charge is 2.31. The smallest absolute Gasteiger partial charge is 0.166 e. The van der Waals surface area contributed by atoms with Gasteiger partial charge in [-0.25, -0.2) is 0 Å². The standard InChI is InChI=1S/C11H9ClF3/c1-3-7(2)8-4-9(11(13,14)15)6-10(12)5-8/h3-6H,1H2,2H3. The largest absolute Gasteiger partial charge is 0.416 e. The van der Waals surface area contributed by atoms with E-state index in [9.17, 15) is 13.2 Å².